The first kappa shape index (κ1) is 19.8. The number of rotatable bonds is 6. The fourth-order valence-corrected chi connectivity index (χ4v) is 4.81. The van der Waals surface area contributed by atoms with Gasteiger partial charge in [0, 0.05) is 13.1 Å². The van der Waals surface area contributed by atoms with E-state index in [0.717, 1.165) is 36.8 Å². The third-order valence-corrected chi connectivity index (χ3v) is 6.46. The van der Waals surface area contributed by atoms with E-state index in [0.29, 0.717) is 12.1 Å². The van der Waals surface area contributed by atoms with Crippen molar-refractivity contribution in [2.24, 2.45) is 0 Å². The van der Waals surface area contributed by atoms with E-state index in [1.807, 2.05) is 40.0 Å². The number of carbonyl (C=O) groups is 1. The van der Waals surface area contributed by atoms with E-state index in [9.17, 15) is 13.2 Å². The number of hydrogen-bond acceptors (Lipinski definition) is 3. The third kappa shape index (κ3) is 4.35. The average Bonchev–Trinajstić information content (AvgIpc) is 3.07. The Hall–Kier alpha value is -1.56. The second-order valence-electron chi connectivity index (χ2n) is 7.14. The molecule has 140 valence electrons. The summed E-state index contributed by atoms with van der Waals surface area (Å²) < 4.78 is 26.4. The molecule has 0 aliphatic heterocycles. The summed E-state index contributed by atoms with van der Waals surface area (Å²) in [4.78, 5) is 14.9. The molecule has 0 aromatic heterocycles. The van der Waals surface area contributed by atoms with E-state index in [-0.39, 0.29) is 11.9 Å². The predicted octanol–water partition coefficient (Wildman–Crippen LogP) is 3.25. The van der Waals surface area contributed by atoms with Crippen molar-refractivity contribution in [2.45, 2.75) is 65.0 Å². The summed E-state index contributed by atoms with van der Waals surface area (Å²) in [6, 6.07) is 5.06. The van der Waals surface area contributed by atoms with Gasteiger partial charge in [-0.3, -0.25) is 9.10 Å². The minimum atomic E-state index is -3.58. The van der Waals surface area contributed by atoms with E-state index in [2.05, 4.69) is 0 Å². The van der Waals surface area contributed by atoms with Gasteiger partial charge in [-0.2, -0.15) is 0 Å². The molecule has 6 heteroatoms. The van der Waals surface area contributed by atoms with E-state index in [1.54, 1.807) is 11.0 Å². The van der Waals surface area contributed by atoms with Gasteiger partial charge < -0.3 is 4.90 Å². The van der Waals surface area contributed by atoms with Crippen LogP contribution in [0.2, 0.25) is 0 Å². The summed E-state index contributed by atoms with van der Waals surface area (Å²) in [5.41, 5.74) is 2.67. The Morgan fingerprint density at radius 1 is 1.20 bits per heavy atom. The van der Waals surface area contributed by atoms with Gasteiger partial charge in [-0.25, -0.2) is 8.42 Å². The standard InChI is InChI=1S/C19H30N2O3S/c1-6-18(19(22)20(4)16-9-7-8-10-16)21(25(5,23)24)17-12-11-14(2)15(3)13-17/h11-13,16,18H,6-10H2,1-5H3/t18-/m1/s1. The van der Waals surface area contributed by atoms with Crippen LogP contribution in [0.3, 0.4) is 0 Å². The molecule has 1 amide bonds. The minimum Gasteiger partial charge on any atom is -0.341 e. The lowest BCUT2D eigenvalue weighted by Crippen LogP contribution is -2.51. The summed E-state index contributed by atoms with van der Waals surface area (Å²) in [5, 5.41) is 0. The smallest absolute Gasteiger partial charge is 0.246 e. The minimum absolute atomic E-state index is 0.113. The van der Waals surface area contributed by atoms with Crippen molar-refractivity contribution in [3.05, 3.63) is 29.3 Å². The SMILES string of the molecule is CC[C@H](C(=O)N(C)C1CCCC1)N(c1ccc(C)c(C)c1)S(C)(=O)=O. The van der Waals surface area contributed by atoms with Gasteiger partial charge in [0.25, 0.3) is 0 Å². The number of amides is 1. The fraction of sp³-hybridized carbons (Fsp3) is 0.632. The van der Waals surface area contributed by atoms with E-state index in [1.165, 1.54) is 10.6 Å². The number of hydrogen-bond donors (Lipinski definition) is 0. The van der Waals surface area contributed by atoms with Crippen molar-refractivity contribution in [1.29, 1.82) is 0 Å². The van der Waals surface area contributed by atoms with Gasteiger partial charge in [-0.15, -0.1) is 0 Å². The van der Waals surface area contributed by atoms with Crippen LogP contribution in [0.25, 0.3) is 0 Å². The van der Waals surface area contributed by atoms with Gasteiger partial charge in [-0.05, 0) is 56.4 Å². The molecule has 1 aliphatic rings. The van der Waals surface area contributed by atoms with Crippen molar-refractivity contribution in [3.63, 3.8) is 0 Å². The first-order chi connectivity index (χ1) is 11.7. The summed E-state index contributed by atoms with van der Waals surface area (Å²) in [6.07, 6.45) is 5.88. The van der Waals surface area contributed by atoms with Crippen molar-refractivity contribution in [3.8, 4) is 0 Å². The molecule has 1 aromatic rings. The van der Waals surface area contributed by atoms with Crippen LogP contribution in [0.5, 0.6) is 0 Å². The lowest BCUT2D eigenvalue weighted by atomic mass is 10.1. The largest absolute Gasteiger partial charge is 0.341 e. The van der Waals surface area contributed by atoms with Crippen molar-refractivity contribution < 1.29 is 13.2 Å². The highest BCUT2D eigenvalue weighted by atomic mass is 32.2. The molecule has 0 unspecified atom stereocenters. The fourth-order valence-electron chi connectivity index (χ4n) is 3.61. The molecular weight excluding hydrogens is 336 g/mol. The van der Waals surface area contributed by atoms with Gasteiger partial charge in [0.05, 0.1) is 11.9 Å². The second-order valence-corrected chi connectivity index (χ2v) is 9.00. The van der Waals surface area contributed by atoms with Crippen molar-refractivity contribution >= 4 is 21.6 Å². The summed E-state index contributed by atoms with van der Waals surface area (Å²) >= 11 is 0. The Balaban J connectivity index is 2.40. The zero-order valence-corrected chi connectivity index (χ0v) is 16.8. The molecule has 1 fully saturated rings. The maximum absolute atomic E-state index is 13.1. The molecule has 25 heavy (non-hydrogen) atoms. The molecule has 0 N–H and O–H groups in total. The molecular formula is C19H30N2O3S. The number of nitrogens with zero attached hydrogens (tertiary/aromatic N) is 2. The Morgan fingerprint density at radius 2 is 1.80 bits per heavy atom. The van der Waals surface area contributed by atoms with Crippen LogP contribution in [0, 0.1) is 13.8 Å². The number of anilines is 1. The zero-order chi connectivity index (χ0) is 18.8. The van der Waals surface area contributed by atoms with Crippen LogP contribution in [0.1, 0.15) is 50.2 Å². The van der Waals surface area contributed by atoms with E-state index < -0.39 is 16.1 Å². The summed E-state index contributed by atoms with van der Waals surface area (Å²) in [6.45, 7) is 5.80. The number of benzene rings is 1. The first-order valence-corrected chi connectivity index (χ1v) is 10.8. The molecule has 2 rings (SSSR count). The Kier molecular flexibility index (Phi) is 6.14. The highest BCUT2D eigenvalue weighted by Gasteiger charge is 2.35. The van der Waals surface area contributed by atoms with Gasteiger partial charge in [0.2, 0.25) is 15.9 Å². The average molecular weight is 367 g/mol. The molecule has 0 bridgehead atoms. The quantitative estimate of drug-likeness (QED) is 0.776. The van der Waals surface area contributed by atoms with Crippen molar-refractivity contribution in [2.75, 3.05) is 17.6 Å². The first-order valence-electron chi connectivity index (χ1n) is 9.00. The Morgan fingerprint density at radius 3 is 2.28 bits per heavy atom. The number of aryl methyl sites for hydroxylation is 2. The molecule has 1 aliphatic carbocycles. The Labute approximate surface area is 152 Å². The molecule has 0 radical (unpaired) electrons. The molecule has 0 spiro atoms. The van der Waals surface area contributed by atoms with Crippen LogP contribution in [-0.4, -0.2) is 44.6 Å². The summed E-state index contributed by atoms with van der Waals surface area (Å²) in [7, 11) is -1.77. The molecule has 0 heterocycles. The van der Waals surface area contributed by atoms with Crippen LogP contribution in [-0.2, 0) is 14.8 Å². The van der Waals surface area contributed by atoms with E-state index in [4.69, 9.17) is 0 Å². The van der Waals surface area contributed by atoms with Crippen LogP contribution in [0.15, 0.2) is 18.2 Å². The van der Waals surface area contributed by atoms with Gasteiger partial charge >= 0.3 is 0 Å². The molecule has 1 aromatic carbocycles. The van der Waals surface area contributed by atoms with Crippen LogP contribution in [0.4, 0.5) is 5.69 Å². The maximum Gasteiger partial charge on any atom is 0.246 e. The third-order valence-electron chi connectivity index (χ3n) is 5.28. The van der Waals surface area contributed by atoms with Gasteiger partial charge in [0.1, 0.15) is 6.04 Å². The normalized spacial score (nSPS) is 16.7. The number of likely N-dealkylation sites (N-methyl/N-ethyl adjacent to an activating group) is 1. The molecule has 1 atom stereocenters. The maximum atomic E-state index is 13.1. The second kappa shape index (κ2) is 7.77. The topological polar surface area (TPSA) is 57.7 Å². The highest BCUT2D eigenvalue weighted by Crippen LogP contribution is 2.28. The van der Waals surface area contributed by atoms with Crippen molar-refractivity contribution in [1.82, 2.24) is 4.90 Å². The van der Waals surface area contributed by atoms with Crippen LogP contribution < -0.4 is 4.31 Å². The molecule has 1 saturated carbocycles. The van der Waals surface area contributed by atoms with Gasteiger partial charge in [-0.1, -0.05) is 25.8 Å². The van der Waals surface area contributed by atoms with E-state index >= 15 is 0 Å². The number of sulfonamides is 1. The summed E-state index contributed by atoms with van der Waals surface area (Å²) in [5.74, 6) is -0.113. The lowest BCUT2D eigenvalue weighted by molar-refractivity contribution is -0.133. The Bertz CT molecular complexity index is 724. The predicted molar refractivity (Wildman–Crippen MR) is 102 cm³/mol. The monoisotopic (exact) mass is 366 g/mol. The molecule has 5 nitrogen and oxygen atoms in total. The number of carbonyl (C=O) groups excluding carboxylic acids is 1. The zero-order valence-electron chi connectivity index (χ0n) is 15.9. The molecule has 0 saturated heterocycles. The van der Waals surface area contributed by atoms with Gasteiger partial charge in [0.15, 0.2) is 0 Å². The van der Waals surface area contributed by atoms with Crippen LogP contribution >= 0.6 is 0 Å². The lowest BCUT2D eigenvalue weighted by Gasteiger charge is -2.35. The highest BCUT2D eigenvalue weighted by molar-refractivity contribution is 7.92.